The summed E-state index contributed by atoms with van der Waals surface area (Å²) < 4.78 is 7.72. The van der Waals surface area contributed by atoms with Gasteiger partial charge >= 0.3 is 0 Å². The maximum Gasteiger partial charge on any atom is 0.221 e. The molecule has 7 nitrogen and oxygen atoms in total. The predicted octanol–water partition coefficient (Wildman–Crippen LogP) is 2.18. The second kappa shape index (κ2) is 8.81. The van der Waals surface area contributed by atoms with Crippen molar-refractivity contribution in [3.63, 3.8) is 0 Å². The second-order valence-corrected chi connectivity index (χ2v) is 7.87. The van der Waals surface area contributed by atoms with E-state index in [1.54, 1.807) is 14.0 Å². The van der Waals surface area contributed by atoms with E-state index < -0.39 is 0 Å². The highest BCUT2D eigenvalue weighted by Gasteiger charge is 2.21. The van der Waals surface area contributed by atoms with Crippen LogP contribution in [0.1, 0.15) is 17.3 Å². The number of hydrogen-bond donors (Lipinski definition) is 2. The first kappa shape index (κ1) is 20.3. The zero-order valence-corrected chi connectivity index (χ0v) is 18.0. The molecule has 8 heteroatoms. The Labute approximate surface area is 180 Å². The van der Waals surface area contributed by atoms with Gasteiger partial charge in [0.15, 0.2) is 18.3 Å². The third-order valence-electron chi connectivity index (χ3n) is 5.53. The van der Waals surface area contributed by atoms with Crippen LogP contribution in [0.5, 0.6) is 5.75 Å². The van der Waals surface area contributed by atoms with Crippen LogP contribution in [0.4, 0.5) is 5.69 Å². The summed E-state index contributed by atoms with van der Waals surface area (Å²) in [5.41, 5.74) is 2.90. The summed E-state index contributed by atoms with van der Waals surface area (Å²) in [6.45, 7) is 6.29. The lowest BCUT2D eigenvalue weighted by molar-refractivity contribution is -0.924. The molecule has 0 spiro atoms. The average molecular weight is 425 g/mol. The summed E-state index contributed by atoms with van der Waals surface area (Å²) in [6, 6.07) is 15.7. The largest absolute Gasteiger partial charge is 0.497 e. The zero-order chi connectivity index (χ0) is 21.1. The summed E-state index contributed by atoms with van der Waals surface area (Å²) in [4.78, 5) is 19.8. The van der Waals surface area contributed by atoms with Crippen LogP contribution in [0.3, 0.4) is 0 Å². The molecule has 0 saturated carbocycles. The first-order chi connectivity index (χ1) is 14.5. The number of quaternary nitrogens is 1. The van der Waals surface area contributed by atoms with Crippen molar-refractivity contribution in [3.8, 4) is 17.1 Å². The fraction of sp³-hybridized carbons (Fsp3) is 0.318. The normalized spacial score (nSPS) is 14.7. The van der Waals surface area contributed by atoms with E-state index in [2.05, 4.69) is 15.0 Å². The molecule has 2 heterocycles. The van der Waals surface area contributed by atoms with Crippen LogP contribution in [0, 0.1) is 4.77 Å². The Morgan fingerprint density at radius 1 is 1.13 bits per heavy atom. The lowest BCUT2D eigenvalue weighted by atomic mass is 10.1. The highest BCUT2D eigenvalue weighted by Crippen LogP contribution is 2.19. The predicted molar refractivity (Wildman–Crippen MR) is 119 cm³/mol. The molecule has 0 amide bonds. The van der Waals surface area contributed by atoms with Crippen LogP contribution in [-0.2, 0) is 6.67 Å². The number of rotatable bonds is 6. The van der Waals surface area contributed by atoms with Crippen LogP contribution < -0.4 is 14.5 Å². The fourth-order valence-corrected chi connectivity index (χ4v) is 3.91. The Kier molecular flexibility index (Phi) is 5.96. The van der Waals surface area contributed by atoms with E-state index in [1.807, 2.05) is 53.2 Å². The van der Waals surface area contributed by atoms with Gasteiger partial charge in [0.2, 0.25) is 4.77 Å². The smallest absolute Gasteiger partial charge is 0.221 e. The third kappa shape index (κ3) is 4.44. The van der Waals surface area contributed by atoms with Crippen molar-refractivity contribution in [2.75, 3.05) is 38.2 Å². The Bertz CT molecular complexity index is 1060. The Morgan fingerprint density at radius 3 is 2.40 bits per heavy atom. The minimum Gasteiger partial charge on any atom is -0.497 e. The van der Waals surface area contributed by atoms with Crippen molar-refractivity contribution in [2.45, 2.75) is 13.6 Å². The van der Waals surface area contributed by atoms with Gasteiger partial charge in [-0.05, 0) is 67.7 Å². The van der Waals surface area contributed by atoms with Crippen LogP contribution in [0.25, 0.3) is 11.4 Å². The van der Waals surface area contributed by atoms with Crippen molar-refractivity contribution >= 4 is 23.7 Å². The molecule has 2 aromatic carbocycles. The number of nitrogens with one attached hydrogen (secondary N) is 2. The lowest BCUT2D eigenvalue weighted by Gasteiger charge is -2.33. The topological polar surface area (TPSA) is 67.6 Å². The number of piperazine rings is 1. The van der Waals surface area contributed by atoms with E-state index in [-0.39, 0.29) is 5.78 Å². The van der Waals surface area contributed by atoms with Crippen molar-refractivity contribution in [1.82, 2.24) is 14.8 Å². The molecular formula is C22H26N5O2S+. The molecule has 1 aliphatic heterocycles. The molecule has 30 heavy (non-hydrogen) atoms. The number of anilines is 1. The zero-order valence-electron chi connectivity index (χ0n) is 17.2. The molecule has 1 fully saturated rings. The first-order valence-electron chi connectivity index (χ1n) is 10.0. The number of carbonyl (C=O) groups excluding carboxylic acids is 1. The van der Waals surface area contributed by atoms with E-state index in [0.717, 1.165) is 55.5 Å². The van der Waals surface area contributed by atoms with Gasteiger partial charge in [0, 0.05) is 16.8 Å². The summed E-state index contributed by atoms with van der Waals surface area (Å²) in [5.74, 6) is 1.68. The summed E-state index contributed by atoms with van der Waals surface area (Å²) >= 11 is 5.47. The number of benzene rings is 2. The minimum absolute atomic E-state index is 0.0983. The van der Waals surface area contributed by atoms with Crippen molar-refractivity contribution in [1.29, 1.82) is 0 Å². The number of H-pyrrole nitrogens is 1. The molecule has 4 rings (SSSR count). The molecule has 1 saturated heterocycles. The Morgan fingerprint density at radius 2 is 1.80 bits per heavy atom. The molecular weight excluding hydrogens is 398 g/mol. The molecule has 1 aromatic heterocycles. The number of aromatic nitrogens is 3. The Balaban J connectivity index is 1.37. The van der Waals surface area contributed by atoms with Crippen LogP contribution in [0.15, 0.2) is 48.5 Å². The van der Waals surface area contributed by atoms with Gasteiger partial charge in [0.05, 0.1) is 33.3 Å². The summed E-state index contributed by atoms with van der Waals surface area (Å²) in [5, 5.41) is 3.34. The second-order valence-electron chi connectivity index (χ2n) is 7.51. The number of hydrogen-bond acceptors (Lipinski definition) is 5. The molecule has 0 radical (unpaired) electrons. The number of aromatic amines is 1. The molecule has 0 unspecified atom stereocenters. The van der Waals surface area contributed by atoms with Gasteiger partial charge in [0.25, 0.3) is 0 Å². The van der Waals surface area contributed by atoms with E-state index >= 15 is 0 Å². The number of methoxy groups -OCH3 is 1. The van der Waals surface area contributed by atoms with Gasteiger partial charge in [-0.25, -0.2) is 4.68 Å². The van der Waals surface area contributed by atoms with Gasteiger partial charge in [-0.2, -0.15) is 4.98 Å². The Hall–Kier alpha value is -2.97. The maximum atomic E-state index is 11.5. The van der Waals surface area contributed by atoms with Crippen LogP contribution in [-0.4, -0.2) is 53.8 Å². The summed E-state index contributed by atoms with van der Waals surface area (Å²) in [6.07, 6.45) is 0. The molecule has 3 aromatic rings. The van der Waals surface area contributed by atoms with Crippen LogP contribution >= 0.6 is 12.2 Å². The van der Waals surface area contributed by atoms with Gasteiger partial charge in [-0.3, -0.25) is 9.89 Å². The van der Waals surface area contributed by atoms with E-state index in [1.165, 1.54) is 10.6 Å². The fourth-order valence-electron chi connectivity index (χ4n) is 3.71. The SMILES string of the molecule is COc1ccc(-c2nc(=S)n(C[NH+]3CCN(c4ccc(C(C)=O)cc4)CC3)[nH]2)cc1. The molecule has 0 bridgehead atoms. The van der Waals surface area contributed by atoms with Gasteiger partial charge in [0.1, 0.15) is 5.75 Å². The molecule has 2 N–H and O–H groups in total. The number of ketones is 1. The van der Waals surface area contributed by atoms with Gasteiger partial charge < -0.3 is 14.5 Å². The van der Waals surface area contributed by atoms with Crippen molar-refractivity contribution in [2.24, 2.45) is 0 Å². The van der Waals surface area contributed by atoms with E-state index in [0.29, 0.717) is 4.77 Å². The highest BCUT2D eigenvalue weighted by atomic mass is 32.1. The molecule has 0 aliphatic carbocycles. The minimum atomic E-state index is 0.0983. The number of ether oxygens (including phenoxy) is 1. The number of nitrogens with zero attached hydrogens (tertiary/aromatic N) is 3. The molecule has 0 atom stereocenters. The lowest BCUT2D eigenvalue weighted by Crippen LogP contribution is -3.14. The number of carbonyl (C=O) groups is 1. The van der Waals surface area contributed by atoms with E-state index in [9.17, 15) is 4.79 Å². The number of Topliss-reactive ketones (excluding diaryl/α,β-unsaturated/α-hetero) is 1. The van der Waals surface area contributed by atoms with E-state index in [4.69, 9.17) is 17.0 Å². The van der Waals surface area contributed by atoms with Gasteiger partial charge in [-0.15, -0.1) is 0 Å². The standard InChI is InChI=1S/C22H25N5O2S/c1-16(28)17-3-7-19(8-4-17)26-13-11-25(12-14-26)15-27-22(30)23-21(24-27)18-5-9-20(29-2)10-6-18/h3-10H,11-15H2,1-2H3,(H,23,24,30)/p+1. The van der Waals surface area contributed by atoms with Crippen molar-refractivity contribution < 1.29 is 14.4 Å². The summed E-state index contributed by atoms with van der Waals surface area (Å²) in [7, 11) is 1.65. The average Bonchev–Trinajstić information content (AvgIpc) is 3.14. The quantitative estimate of drug-likeness (QED) is 0.469. The van der Waals surface area contributed by atoms with Gasteiger partial charge in [-0.1, -0.05) is 0 Å². The van der Waals surface area contributed by atoms with Crippen molar-refractivity contribution in [3.05, 3.63) is 58.9 Å². The molecule has 1 aliphatic rings. The highest BCUT2D eigenvalue weighted by molar-refractivity contribution is 7.71. The maximum absolute atomic E-state index is 11.5. The first-order valence-corrected chi connectivity index (χ1v) is 10.4. The molecule has 156 valence electrons. The monoisotopic (exact) mass is 424 g/mol. The third-order valence-corrected chi connectivity index (χ3v) is 5.85. The van der Waals surface area contributed by atoms with Crippen LogP contribution in [0.2, 0.25) is 0 Å².